The number of ether oxygens (including phenoxy) is 12. The molecule has 0 atom stereocenters. The molecule has 0 radical (unpaired) electrons. The van der Waals surface area contributed by atoms with Crippen molar-refractivity contribution in [3.63, 3.8) is 0 Å². The third-order valence-electron chi connectivity index (χ3n) is 17.3. The van der Waals surface area contributed by atoms with Crippen molar-refractivity contribution < 1.29 is 56.8 Å². The highest BCUT2D eigenvalue weighted by Gasteiger charge is 2.27. The molecule has 4 aliphatic rings. The van der Waals surface area contributed by atoms with Crippen molar-refractivity contribution in [1.82, 2.24) is 19.9 Å². The molecule has 0 unspecified atom stereocenters. The quantitative estimate of drug-likeness (QED) is 0.171. The summed E-state index contributed by atoms with van der Waals surface area (Å²) >= 11 is 0. The van der Waals surface area contributed by atoms with Crippen LogP contribution in [-0.2, 0) is 59.6 Å². The van der Waals surface area contributed by atoms with E-state index in [0.29, 0.717) is 142 Å². The van der Waals surface area contributed by atoms with E-state index in [1.54, 1.807) is 0 Å². The summed E-state index contributed by atoms with van der Waals surface area (Å²) in [7, 11) is 0. The molecule has 0 aliphatic carbocycles. The smallest absolute Gasteiger partial charge is 0.161 e. The van der Waals surface area contributed by atoms with Crippen LogP contribution in [0.1, 0.15) is 128 Å². The molecule has 96 heavy (non-hydrogen) atoms. The van der Waals surface area contributed by atoms with Crippen LogP contribution in [-0.4, -0.2) is 152 Å². The van der Waals surface area contributed by atoms with Gasteiger partial charge in [-0.25, -0.2) is 9.97 Å². The first kappa shape index (κ1) is 69.7. The zero-order chi connectivity index (χ0) is 67.5. The zero-order valence-electron chi connectivity index (χ0n) is 58.5. The van der Waals surface area contributed by atoms with E-state index in [1.807, 2.05) is 24.3 Å². The number of hydrogen-bond acceptors (Lipinski definition) is 14. The molecule has 8 bridgehead atoms. The van der Waals surface area contributed by atoms with Gasteiger partial charge in [-0.2, -0.15) is 0 Å². The van der Waals surface area contributed by atoms with Gasteiger partial charge in [-0.3, -0.25) is 0 Å². The third kappa shape index (κ3) is 17.7. The number of aromatic amines is 2. The maximum absolute atomic E-state index is 6.63. The Morgan fingerprint density at radius 2 is 0.479 bits per heavy atom. The van der Waals surface area contributed by atoms with Crippen molar-refractivity contribution >= 4 is 46.4 Å². The highest BCUT2D eigenvalue weighted by atomic mass is 16.6. The van der Waals surface area contributed by atoms with Crippen LogP contribution in [0.3, 0.4) is 0 Å². The van der Waals surface area contributed by atoms with E-state index in [2.05, 4.69) is 190 Å². The minimum atomic E-state index is -0.163. The van der Waals surface area contributed by atoms with E-state index in [1.165, 1.54) is 22.3 Å². The summed E-state index contributed by atoms with van der Waals surface area (Å²) < 4.78 is 72.9. The highest BCUT2D eigenvalue weighted by molar-refractivity contribution is 6.00. The fraction of sp³-hybridized carbons (Fsp3) is 0.450. The van der Waals surface area contributed by atoms with Crippen molar-refractivity contribution in [3.05, 3.63) is 142 Å². The van der Waals surface area contributed by atoms with Gasteiger partial charge in [0.1, 0.15) is 26.4 Å². The second-order valence-corrected chi connectivity index (χ2v) is 28.7. The van der Waals surface area contributed by atoms with E-state index < -0.39 is 0 Å². The van der Waals surface area contributed by atoms with E-state index in [-0.39, 0.29) is 34.9 Å². The molecule has 16 heteroatoms. The Bertz CT molecular complexity index is 3740. The monoisotopic (exact) mass is 1310 g/mol. The van der Waals surface area contributed by atoms with Crippen molar-refractivity contribution in [3.8, 4) is 67.5 Å². The molecule has 0 fully saturated rings. The Hall–Kier alpha value is -7.64. The van der Waals surface area contributed by atoms with Gasteiger partial charge in [0, 0.05) is 44.3 Å². The van der Waals surface area contributed by atoms with Gasteiger partial charge in [0.15, 0.2) is 23.0 Å². The van der Waals surface area contributed by atoms with E-state index in [0.717, 1.165) is 89.4 Å². The Balaban J connectivity index is 1.20. The molecule has 4 aromatic carbocycles. The summed E-state index contributed by atoms with van der Waals surface area (Å²) in [5.41, 5.74) is 18.3. The molecule has 0 saturated heterocycles. The summed E-state index contributed by atoms with van der Waals surface area (Å²) in [5, 5.41) is 0. The molecule has 0 spiro atoms. The van der Waals surface area contributed by atoms with Gasteiger partial charge in [0.25, 0.3) is 0 Å². The number of benzene rings is 4. The van der Waals surface area contributed by atoms with Crippen molar-refractivity contribution in [2.75, 3.05) is 132 Å². The van der Waals surface area contributed by atoms with Gasteiger partial charge in [-0.15, -0.1) is 0 Å². The minimum Gasteiger partial charge on any atom is -0.487 e. The highest BCUT2D eigenvalue weighted by Crippen LogP contribution is 2.45. The fourth-order valence-electron chi connectivity index (χ4n) is 11.9. The van der Waals surface area contributed by atoms with Crippen molar-refractivity contribution in [2.45, 2.75) is 105 Å². The van der Waals surface area contributed by atoms with Gasteiger partial charge in [0.05, 0.1) is 128 Å². The normalized spacial score (nSPS) is 16.9. The summed E-state index contributed by atoms with van der Waals surface area (Å²) in [6.45, 7) is 35.4. The van der Waals surface area contributed by atoms with Crippen LogP contribution >= 0.6 is 0 Å². The summed E-state index contributed by atoms with van der Waals surface area (Å²) in [6.07, 6.45) is 8.58. The van der Waals surface area contributed by atoms with Crippen LogP contribution in [0.4, 0.5) is 0 Å². The standard InChI is InChI=1S/C80H98N4O12/c1-77(2,3)57-45-55(46-58(51-57)78(4,5)6)75-65-19-17-63(82-65)73(53-13-23-69-71(49-53)95-43-39-91-35-31-87-27-25-85-29-33-89-37-41-93-69)61-15-16-62(81-61)74(54-14-24-70-72(50-54)96-44-40-92-36-32-88-28-26-86-30-34-90-38-42-94-70)64-18-20-66(83-64)76(68-22-21-67(75)84-68)56-47-59(79(7,8)9)52-60(48-56)80(10,11)12/h13-24,45-52,82-83H,25-44H2,1-12H3. The van der Waals surface area contributed by atoms with E-state index in [9.17, 15) is 0 Å². The first-order valence-corrected chi connectivity index (χ1v) is 34.1. The molecule has 3 aromatic heterocycles. The lowest BCUT2D eigenvalue weighted by atomic mass is 9.78. The lowest BCUT2D eigenvalue weighted by Gasteiger charge is -2.26. The Labute approximate surface area is 567 Å². The van der Waals surface area contributed by atoms with Crippen molar-refractivity contribution in [2.24, 2.45) is 0 Å². The van der Waals surface area contributed by atoms with Gasteiger partial charge in [0.2, 0.25) is 0 Å². The summed E-state index contributed by atoms with van der Waals surface area (Å²) in [4.78, 5) is 19.6. The van der Waals surface area contributed by atoms with Gasteiger partial charge in [-0.1, -0.05) is 132 Å². The number of aromatic nitrogens is 4. The lowest BCUT2D eigenvalue weighted by Crippen LogP contribution is -2.16. The van der Waals surface area contributed by atoms with Gasteiger partial charge in [-0.05, 0) is 139 Å². The number of hydrogen-bond donors (Lipinski definition) is 2. The number of nitrogens with zero attached hydrogens (tertiary/aromatic N) is 2. The van der Waals surface area contributed by atoms with Crippen LogP contribution < -0.4 is 18.9 Å². The molecular weight excluding hydrogens is 1210 g/mol. The van der Waals surface area contributed by atoms with Crippen LogP contribution in [0.25, 0.3) is 90.9 Å². The topological polar surface area (TPSA) is 168 Å². The SMILES string of the molecule is CC(C)(C)c1cc(-c2c3nc(c(-c4cc(C(C)(C)C)cc(C(C)(C)C)c4)c4ccc([nH]4)c(-c4ccc5c(c4)OCCOCCOCCOCCOCCO5)c4nc(c(-c5ccc6c(c5)OCCOCCOCCOCCOCCO6)c5ccc2[nH]5)C=C4)C=C3)cc(C(C)(C)C)c1. The first-order chi connectivity index (χ1) is 46.2. The van der Waals surface area contributed by atoms with Gasteiger partial charge < -0.3 is 66.8 Å². The molecule has 0 amide bonds. The maximum Gasteiger partial charge on any atom is 0.161 e. The predicted molar refractivity (Wildman–Crippen MR) is 384 cm³/mol. The third-order valence-corrected chi connectivity index (χ3v) is 17.3. The predicted octanol–water partition coefficient (Wildman–Crippen LogP) is 16.2. The van der Waals surface area contributed by atoms with Crippen LogP contribution in [0.2, 0.25) is 0 Å². The van der Waals surface area contributed by atoms with Crippen LogP contribution in [0, 0.1) is 0 Å². The molecule has 2 N–H and O–H groups in total. The van der Waals surface area contributed by atoms with Crippen molar-refractivity contribution in [1.29, 1.82) is 0 Å². The maximum atomic E-state index is 6.63. The summed E-state index contributed by atoms with van der Waals surface area (Å²) in [6, 6.07) is 35.0. The van der Waals surface area contributed by atoms with Gasteiger partial charge >= 0.3 is 0 Å². The lowest BCUT2D eigenvalue weighted by molar-refractivity contribution is -0.00841. The average molecular weight is 1310 g/mol. The number of rotatable bonds is 4. The molecule has 4 aliphatic heterocycles. The molecule has 510 valence electrons. The van der Waals surface area contributed by atoms with E-state index in [4.69, 9.17) is 66.8 Å². The van der Waals surface area contributed by atoms with E-state index >= 15 is 0 Å². The fourth-order valence-corrected chi connectivity index (χ4v) is 11.9. The van der Waals surface area contributed by atoms with Crippen LogP contribution in [0.15, 0.2) is 97.1 Å². The zero-order valence-corrected chi connectivity index (χ0v) is 58.5. The Morgan fingerprint density at radius 3 is 0.729 bits per heavy atom. The number of nitrogens with one attached hydrogen (secondary N) is 2. The average Bonchev–Trinajstić information content (AvgIpc) is 1.56. The molecule has 7 aromatic rings. The molecule has 7 heterocycles. The number of fused-ring (bicyclic) bond motifs is 10. The molecule has 11 rings (SSSR count). The second kappa shape index (κ2) is 31.3. The molecule has 16 nitrogen and oxygen atoms in total. The van der Waals surface area contributed by atoms with Crippen LogP contribution in [0.5, 0.6) is 23.0 Å². The molecular formula is C80H98N4O12. The largest absolute Gasteiger partial charge is 0.487 e. The summed E-state index contributed by atoms with van der Waals surface area (Å²) in [5.74, 6) is 2.25. The first-order valence-electron chi connectivity index (χ1n) is 34.1. The molecule has 0 saturated carbocycles. The number of H-pyrrole nitrogens is 2. The Morgan fingerprint density at radius 1 is 0.250 bits per heavy atom. The second-order valence-electron chi connectivity index (χ2n) is 28.7. The minimum absolute atomic E-state index is 0.163. The Kier molecular flexibility index (Phi) is 22.7.